The number of nitro benzene ring substituents is 1. The molecule has 3 aromatic rings. The van der Waals surface area contributed by atoms with Crippen LogP contribution in [0.15, 0.2) is 61.1 Å². The molecule has 0 unspecified atom stereocenters. The zero-order chi connectivity index (χ0) is 20.4. The van der Waals surface area contributed by atoms with Crippen LogP contribution in [-0.2, 0) is 0 Å². The number of piperidine rings is 1. The fourth-order valence-corrected chi connectivity index (χ4v) is 3.61. The van der Waals surface area contributed by atoms with E-state index in [1.165, 1.54) is 36.4 Å². The van der Waals surface area contributed by atoms with E-state index >= 15 is 0 Å². The summed E-state index contributed by atoms with van der Waals surface area (Å²) in [4.78, 5) is 29.4. The predicted molar refractivity (Wildman–Crippen MR) is 104 cm³/mol. The van der Waals surface area contributed by atoms with Crippen molar-refractivity contribution in [2.45, 2.75) is 18.8 Å². The summed E-state index contributed by atoms with van der Waals surface area (Å²) in [5.74, 6) is -0.369. The van der Waals surface area contributed by atoms with E-state index in [1.807, 2.05) is 10.8 Å². The molecule has 8 heteroatoms. The van der Waals surface area contributed by atoms with Gasteiger partial charge < -0.3 is 9.47 Å². The normalized spacial score (nSPS) is 16.6. The Morgan fingerprint density at radius 1 is 1.14 bits per heavy atom. The number of rotatable bonds is 4. The molecular weight excluding hydrogens is 375 g/mol. The Morgan fingerprint density at radius 3 is 2.55 bits per heavy atom. The third-order valence-electron chi connectivity index (χ3n) is 5.18. The van der Waals surface area contributed by atoms with Crippen LogP contribution in [0, 0.1) is 15.9 Å². The molecule has 0 bridgehead atoms. The number of halogens is 1. The monoisotopic (exact) mass is 394 g/mol. The first-order chi connectivity index (χ1) is 14.0. The number of hydrogen-bond donors (Lipinski definition) is 0. The van der Waals surface area contributed by atoms with Crippen molar-refractivity contribution >= 4 is 11.6 Å². The maximum absolute atomic E-state index is 13.1. The van der Waals surface area contributed by atoms with Crippen molar-refractivity contribution in [3.8, 4) is 5.69 Å². The Labute approximate surface area is 166 Å². The second-order valence-electron chi connectivity index (χ2n) is 7.08. The summed E-state index contributed by atoms with van der Waals surface area (Å²) in [5, 5.41) is 10.8. The summed E-state index contributed by atoms with van der Waals surface area (Å²) in [6.45, 7) is 1.21. The van der Waals surface area contributed by atoms with Crippen molar-refractivity contribution in [1.29, 1.82) is 0 Å². The van der Waals surface area contributed by atoms with Gasteiger partial charge in [-0.15, -0.1) is 0 Å². The van der Waals surface area contributed by atoms with E-state index in [4.69, 9.17) is 0 Å². The lowest BCUT2D eigenvalue weighted by Gasteiger charge is -2.32. The van der Waals surface area contributed by atoms with Crippen molar-refractivity contribution in [2.75, 3.05) is 13.1 Å². The van der Waals surface area contributed by atoms with Gasteiger partial charge in [0, 0.05) is 48.6 Å². The predicted octanol–water partition coefficient (Wildman–Crippen LogP) is 3.94. The van der Waals surface area contributed by atoms with E-state index in [0.29, 0.717) is 18.7 Å². The molecule has 2 aromatic carbocycles. The lowest BCUT2D eigenvalue weighted by atomic mass is 9.94. The quantitative estimate of drug-likeness (QED) is 0.496. The molecule has 1 amide bonds. The van der Waals surface area contributed by atoms with E-state index in [2.05, 4.69) is 4.98 Å². The van der Waals surface area contributed by atoms with E-state index in [1.54, 1.807) is 23.4 Å². The minimum Gasteiger partial charge on any atom is -0.338 e. The average Bonchev–Trinajstić information content (AvgIpc) is 3.24. The van der Waals surface area contributed by atoms with Gasteiger partial charge in [0.15, 0.2) is 0 Å². The lowest BCUT2D eigenvalue weighted by molar-refractivity contribution is -0.384. The molecular formula is C21H19FN4O3. The summed E-state index contributed by atoms with van der Waals surface area (Å²) in [6.07, 6.45) is 5.36. The van der Waals surface area contributed by atoms with Crippen molar-refractivity contribution in [2.24, 2.45) is 0 Å². The van der Waals surface area contributed by atoms with Gasteiger partial charge in [-0.3, -0.25) is 14.9 Å². The molecule has 1 saturated heterocycles. The number of aromatic nitrogens is 2. The van der Waals surface area contributed by atoms with Crippen LogP contribution in [0.1, 0.15) is 34.8 Å². The molecule has 1 aliphatic rings. The zero-order valence-corrected chi connectivity index (χ0v) is 15.6. The average molecular weight is 394 g/mol. The molecule has 0 radical (unpaired) electrons. The van der Waals surface area contributed by atoms with Gasteiger partial charge in [0.2, 0.25) is 0 Å². The van der Waals surface area contributed by atoms with Crippen LogP contribution in [0.2, 0.25) is 0 Å². The summed E-state index contributed by atoms with van der Waals surface area (Å²) in [7, 11) is 0. The Balaban J connectivity index is 1.48. The van der Waals surface area contributed by atoms with Crippen molar-refractivity contribution < 1.29 is 14.1 Å². The van der Waals surface area contributed by atoms with Crippen LogP contribution in [0.3, 0.4) is 0 Å². The van der Waals surface area contributed by atoms with Crippen LogP contribution in [-0.4, -0.2) is 38.4 Å². The Morgan fingerprint density at radius 2 is 1.86 bits per heavy atom. The van der Waals surface area contributed by atoms with Crippen LogP contribution in [0.5, 0.6) is 0 Å². The lowest BCUT2D eigenvalue weighted by Crippen LogP contribution is -2.39. The van der Waals surface area contributed by atoms with Crippen molar-refractivity contribution in [3.63, 3.8) is 0 Å². The number of imidazole rings is 1. The maximum Gasteiger partial charge on any atom is 0.269 e. The van der Waals surface area contributed by atoms with Crippen LogP contribution >= 0.6 is 0 Å². The Bertz CT molecular complexity index is 1030. The largest absolute Gasteiger partial charge is 0.338 e. The third kappa shape index (κ3) is 4.01. The van der Waals surface area contributed by atoms with Gasteiger partial charge in [0.25, 0.3) is 11.6 Å². The second kappa shape index (κ2) is 7.83. The molecule has 1 aliphatic heterocycles. The first-order valence-electron chi connectivity index (χ1n) is 9.35. The molecule has 1 aromatic heterocycles. The highest BCUT2D eigenvalue weighted by molar-refractivity contribution is 5.94. The number of benzene rings is 2. The Kier molecular flexibility index (Phi) is 5.07. The maximum atomic E-state index is 13.1. The van der Waals surface area contributed by atoms with Gasteiger partial charge in [0.05, 0.1) is 16.9 Å². The van der Waals surface area contributed by atoms with Gasteiger partial charge in [-0.25, -0.2) is 9.37 Å². The number of carbonyl (C=O) groups excluding carboxylic acids is 1. The smallest absolute Gasteiger partial charge is 0.269 e. The van der Waals surface area contributed by atoms with Crippen LogP contribution in [0.25, 0.3) is 5.69 Å². The molecule has 0 aliphatic carbocycles. The van der Waals surface area contributed by atoms with Crippen molar-refractivity contribution in [1.82, 2.24) is 14.5 Å². The highest BCUT2D eigenvalue weighted by Crippen LogP contribution is 2.27. The third-order valence-corrected chi connectivity index (χ3v) is 5.18. The summed E-state index contributed by atoms with van der Waals surface area (Å²) in [6, 6.07) is 11.9. The Hall–Kier alpha value is -3.55. The SMILES string of the molecule is O=C(c1ccc(F)cc1)N1CCC[C@H](c2cn(-c3ccc([N+](=O)[O-])cc3)cn2)C1. The highest BCUT2D eigenvalue weighted by atomic mass is 19.1. The number of hydrogen-bond acceptors (Lipinski definition) is 4. The summed E-state index contributed by atoms with van der Waals surface area (Å²) < 4.78 is 14.9. The molecule has 29 heavy (non-hydrogen) atoms. The minimum atomic E-state index is -0.433. The fourth-order valence-electron chi connectivity index (χ4n) is 3.61. The number of nitrogens with zero attached hydrogens (tertiary/aromatic N) is 4. The highest BCUT2D eigenvalue weighted by Gasteiger charge is 2.27. The molecule has 148 valence electrons. The molecule has 1 fully saturated rings. The summed E-state index contributed by atoms with van der Waals surface area (Å²) >= 11 is 0. The minimum absolute atomic E-state index is 0.0383. The number of carbonyl (C=O) groups is 1. The molecule has 2 heterocycles. The number of likely N-dealkylation sites (tertiary alicyclic amines) is 1. The molecule has 7 nitrogen and oxygen atoms in total. The van der Waals surface area contributed by atoms with Crippen molar-refractivity contribution in [3.05, 3.63) is 88.2 Å². The number of amides is 1. The topological polar surface area (TPSA) is 81.3 Å². The van der Waals surface area contributed by atoms with Gasteiger partial charge in [0.1, 0.15) is 5.82 Å². The molecule has 0 saturated carbocycles. The summed E-state index contributed by atoms with van der Waals surface area (Å²) in [5.41, 5.74) is 2.17. The van der Waals surface area contributed by atoms with E-state index in [-0.39, 0.29) is 23.3 Å². The molecule has 1 atom stereocenters. The van der Waals surface area contributed by atoms with Crippen LogP contribution < -0.4 is 0 Å². The standard InChI is InChI=1S/C21H19FN4O3/c22-17-5-3-15(4-6-17)21(27)24-11-1-2-16(12-24)20-13-25(14-23-20)18-7-9-19(10-8-18)26(28)29/h3-10,13-14,16H,1-2,11-12H2/t16-/m0/s1. The second-order valence-corrected chi connectivity index (χ2v) is 7.08. The first kappa shape index (κ1) is 18.8. The van der Waals surface area contributed by atoms with E-state index in [9.17, 15) is 19.3 Å². The van der Waals surface area contributed by atoms with E-state index < -0.39 is 4.92 Å². The zero-order valence-electron chi connectivity index (χ0n) is 15.6. The first-order valence-corrected chi connectivity index (χ1v) is 9.35. The number of nitro groups is 1. The van der Waals surface area contributed by atoms with Crippen LogP contribution in [0.4, 0.5) is 10.1 Å². The van der Waals surface area contributed by atoms with E-state index in [0.717, 1.165) is 24.2 Å². The van der Waals surface area contributed by atoms with Gasteiger partial charge in [-0.1, -0.05) is 0 Å². The fraction of sp³-hybridized carbons (Fsp3) is 0.238. The van der Waals surface area contributed by atoms with Gasteiger partial charge in [-0.2, -0.15) is 0 Å². The molecule has 0 N–H and O–H groups in total. The molecule has 4 rings (SSSR count). The van der Waals surface area contributed by atoms with Gasteiger partial charge in [-0.05, 0) is 49.2 Å². The number of non-ortho nitro benzene ring substituents is 1. The molecule has 0 spiro atoms. The van der Waals surface area contributed by atoms with Gasteiger partial charge >= 0.3 is 0 Å².